The van der Waals surface area contributed by atoms with Gasteiger partial charge >= 0.3 is 0 Å². The molecule has 28 heavy (non-hydrogen) atoms. The number of nitrogens with one attached hydrogen (secondary N) is 1. The van der Waals surface area contributed by atoms with E-state index in [0.717, 1.165) is 18.4 Å². The number of rotatable bonds is 8. The van der Waals surface area contributed by atoms with Crippen LogP contribution in [0.1, 0.15) is 24.3 Å². The van der Waals surface area contributed by atoms with E-state index in [1.807, 2.05) is 12.1 Å². The number of aromatic nitrogens is 1. The molecule has 0 unspecified atom stereocenters. The lowest BCUT2D eigenvalue weighted by Crippen LogP contribution is -2.25. The Morgan fingerprint density at radius 3 is 2.64 bits per heavy atom. The standard InChI is InChI=1S/C21H20Cl2N2O3/c22-15-5-8-17(18(23)12-15)19-13-25-21(28-19)10-9-20(27)24-11-1-2-14-3-6-16(26)7-4-14/h3-8,12-13,26H,1-2,9-11H2,(H,24,27). The smallest absolute Gasteiger partial charge is 0.220 e. The minimum Gasteiger partial charge on any atom is -0.508 e. The Balaban J connectivity index is 1.41. The molecule has 3 aromatic rings. The third-order valence-corrected chi connectivity index (χ3v) is 4.76. The van der Waals surface area contributed by atoms with Gasteiger partial charge in [-0.2, -0.15) is 0 Å². The maximum absolute atomic E-state index is 12.0. The van der Waals surface area contributed by atoms with Crippen LogP contribution in [0.4, 0.5) is 0 Å². The van der Waals surface area contributed by atoms with Crippen molar-refractivity contribution in [3.05, 3.63) is 70.2 Å². The zero-order chi connectivity index (χ0) is 19.9. The SMILES string of the molecule is O=C(CCc1ncc(-c2ccc(Cl)cc2Cl)o1)NCCCc1ccc(O)cc1. The lowest BCUT2D eigenvalue weighted by molar-refractivity contribution is -0.121. The van der Waals surface area contributed by atoms with E-state index >= 15 is 0 Å². The normalized spacial score (nSPS) is 10.8. The molecule has 0 saturated heterocycles. The van der Waals surface area contributed by atoms with Crippen molar-refractivity contribution in [2.24, 2.45) is 0 Å². The Labute approximate surface area is 173 Å². The molecule has 146 valence electrons. The van der Waals surface area contributed by atoms with E-state index in [9.17, 15) is 9.90 Å². The van der Waals surface area contributed by atoms with E-state index in [1.165, 1.54) is 0 Å². The Hall–Kier alpha value is -2.50. The van der Waals surface area contributed by atoms with Gasteiger partial charge in [0.25, 0.3) is 0 Å². The largest absolute Gasteiger partial charge is 0.508 e. The molecule has 1 amide bonds. The molecule has 0 fully saturated rings. The molecule has 1 aromatic heterocycles. The van der Waals surface area contributed by atoms with Crippen molar-refractivity contribution >= 4 is 29.1 Å². The second-order valence-corrected chi connectivity index (χ2v) is 7.21. The highest BCUT2D eigenvalue weighted by Crippen LogP contribution is 2.30. The van der Waals surface area contributed by atoms with Gasteiger partial charge in [0.05, 0.1) is 11.2 Å². The van der Waals surface area contributed by atoms with E-state index in [-0.39, 0.29) is 11.7 Å². The summed E-state index contributed by atoms with van der Waals surface area (Å²) in [5.74, 6) is 1.24. The van der Waals surface area contributed by atoms with Crippen molar-refractivity contribution < 1.29 is 14.3 Å². The van der Waals surface area contributed by atoms with Gasteiger partial charge in [-0.3, -0.25) is 4.79 Å². The Morgan fingerprint density at radius 1 is 1.11 bits per heavy atom. The summed E-state index contributed by atoms with van der Waals surface area (Å²) in [7, 11) is 0. The minimum absolute atomic E-state index is 0.0463. The van der Waals surface area contributed by atoms with Crippen LogP contribution in [0.2, 0.25) is 10.0 Å². The van der Waals surface area contributed by atoms with E-state index in [1.54, 1.807) is 36.5 Å². The number of hydrogen-bond donors (Lipinski definition) is 2. The molecule has 5 nitrogen and oxygen atoms in total. The molecule has 1 heterocycles. The second kappa shape index (κ2) is 9.62. The summed E-state index contributed by atoms with van der Waals surface area (Å²) in [5, 5.41) is 13.2. The summed E-state index contributed by atoms with van der Waals surface area (Å²) in [6.45, 7) is 0.594. The fraction of sp³-hybridized carbons (Fsp3) is 0.238. The fourth-order valence-corrected chi connectivity index (χ4v) is 3.23. The lowest BCUT2D eigenvalue weighted by atomic mass is 10.1. The molecule has 3 rings (SSSR count). The molecule has 0 atom stereocenters. The molecular weight excluding hydrogens is 399 g/mol. The third kappa shape index (κ3) is 5.75. The molecule has 0 aliphatic heterocycles. The molecule has 0 bridgehead atoms. The van der Waals surface area contributed by atoms with Crippen LogP contribution in [0.5, 0.6) is 5.75 Å². The van der Waals surface area contributed by atoms with Crippen LogP contribution in [0, 0.1) is 0 Å². The summed E-state index contributed by atoms with van der Waals surface area (Å²) in [4.78, 5) is 16.2. The molecule has 2 aromatic carbocycles. The predicted molar refractivity (Wildman–Crippen MR) is 110 cm³/mol. The predicted octanol–water partition coefficient (Wildman–Crippen LogP) is 5.04. The number of carbonyl (C=O) groups is 1. The van der Waals surface area contributed by atoms with Crippen LogP contribution in [-0.4, -0.2) is 22.5 Å². The molecule has 2 N–H and O–H groups in total. The van der Waals surface area contributed by atoms with Crippen molar-refractivity contribution in [2.75, 3.05) is 6.54 Å². The van der Waals surface area contributed by atoms with Crippen molar-refractivity contribution in [1.82, 2.24) is 10.3 Å². The molecule has 0 aliphatic rings. The Bertz CT molecular complexity index is 939. The number of benzene rings is 2. The fourth-order valence-electron chi connectivity index (χ4n) is 2.73. The number of oxazole rings is 1. The van der Waals surface area contributed by atoms with Gasteiger partial charge in [-0.15, -0.1) is 0 Å². The van der Waals surface area contributed by atoms with Crippen LogP contribution in [0.25, 0.3) is 11.3 Å². The lowest BCUT2D eigenvalue weighted by Gasteiger charge is -2.05. The number of carbonyl (C=O) groups excluding carboxylic acids is 1. The number of phenolic OH excluding ortho intramolecular Hbond substituents is 1. The number of aryl methyl sites for hydroxylation is 2. The van der Waals surface area contributed by atoms with E-state index < -0.39 is 0 Å². The van der Waals surface area contributed by atoms with E-state index in [2.05, 4.69) is 10.3 Å². The number of hydrogen-bond acceptors (Lipinski definition) is 4. The zero-order valence-electron chi connectivity index (χ0n) is 15.1. The summed E-state index contributed by atoms with van der Waals surface area (Å²) in [6, 6.07) is 12.2. The molecule has 0 saturated carbocycles. The summed E-state index contributed by atoms with van der Waals surface area (Å²) in [6.07, 6.45) is 3.97. The number of amides is 1. The zero-order valence-corrected chi connectivity index (χ0v) is 16.6. The van der Waals surface area contributed by atoms with Gasteiger partial charge in [-0.05, 0) is 48.7 Å². The minimum atomic E-state index is -0.0463. The molecule has 0 aliphatic carbocycles. The van der Waals surface area contributed by atoms with Crippen LogP contribution >= 0.6 is 23.2 Å². The maximum atomic E-state index is 12.0. The number of halogens is 2. The Kier molecular flexibility index (Phi) is 6.95. The van der Waals surface area contributed by atoms with E-state index in [4.69, 9.17) is 27.6 Å². The highest BCUT2D eigenvalue weighted by Gasteiger charge is 2.11. The summed E-state index contributed by atoms with van der Waals surface area (Å²) in [5.41, 5.74) is 1.84. The van der Waals surface area contributed by atoms with Gasteiger partial charge in [-0.1, -0.05) is 35.3 Å². The monoisotopic (exact) mass is 418 g/mol. The second-order valence-electron chi connectivity index (χ2n) is 6.36. The third-order valence-electron chi connectivity index (χ3n) is 4.22. The first-order valence-electron chi connectivity index (χ1n) is 8.96. The van der Waals surface area contributed by atoms with E-state index in [0.29, 0.717) is 46.6 Å². The van der Waals surface area contributed by atoms with Gasteiger partial charge in [0.1, 0.15) is 5.75 Å². The topological polar surface area (TPSA) is 75.4 Å². The maximum Gasteiger partial charge on any atom is 0.220 e. The van der Waals surface area contributed by atoms with Gasteiger partial charge in [0, 0.05) is 30.0 Å². The van der Waals surface area contributed by atoms with Crippen LogP contribution < -0.4 is 5.32 Å². The summed E-state index contributed by atoms with van der Waals surface area (Å²) < 4.78 is 5.69. The number of aromatic hydroxyl groups is 1. The first-order chi connectivity index (χ1) is 13.5. The van der Waals surface area contributed by atoms with Gasteiger partial charge in [-0.25, -0.2) is 4.98 Å². The first kappa shape index (κ1) is 20.2. The van der Waals surface area contributed by atoms with Gasteiger partial charge < -0.3 is 14.8 Å². The number of phenols is 1. The van der Waals surface area contributed by atoms with Gasteiger partial charge in [0.2, 0.25) is 5.91 Å². The molecule has 7 heteroatoms. The van der Waals surface area contributed by atoms with Crippen LogP contribution in [-0.2, 0) is 17.6 Å². The van der Waals surface area contributed by atoms with Crippen molar-refractivity contribution in [2.45, 2.75) is 25.7 Å². The summed E-state index contributed by atoms with van der Waals surface area (Å²) >= 11 is 12.1. The van der Waals surface area contributed by atoms with Crippen LogP contribution in [0.15, 0.2) is 53.1 Å². The quantitative estimate of drug-likeness (QED) is 0.502. The van der Waals surface area contributed by atoms with Crippen molar-refractivity contribution in [1.29, 1.82) is 0 Å². The number of nitrogens with zero attached hydrogens (tertiary/aromatic N) is 1. The van der Waals surface area contributed by atoms with Gasteiger partial charge in [0.15, 0.2) is 11.7 Å². The molecular formula is C21H20Cl2N2O3. The highest BCUT2D eigenvalue weighted by molar-refractivity contribution is 6.36. The van der Waals surface area contributed by atoms with Crippen LogP contribution in [0.3, 0.4) is 0 Å². The first-order valence-corrected chi connectivity index (χ1v) is 9.71. The Morgan fingerprint density at radius 2 is 1.89 bits per heavy atom. The van der Waals surface area contributed by atoms with Crippen molar-refractivity contribution in [3.63, 3.8) is 0 Å². The average Bonchev–Trinajstić information content (AvgIpc) is 3.14. The average molecular weight is 419 g/mol. The molecule has 0 spiro atoms. The van der Waals surface area contributed by atoms with Crippen molar-refractivity contribution in [3.8, 4) is 17.1 Å². The molecule has 0 radical (unpaired) electrons. The highest BCUT2D eigenvalue weighted by atomic mass is 35.5.